The van der Waals surface area contributed by atoms with E-state index < -0.39 is 23.6 Å². The van der Waals surface area contributed by atoms with Crippen molar-refractivity contribution in [2.75, 3.05) is 6.54 Å². The fourth-order valence-corrected chi connectivity index (χ4v) is 4.31. The molecule has 34 heavy (non-hydrogen) atoms. The van der Waals surface area contributed by atoms with Gasteiger partial charge in [0.05, 0.1) is 23.8 Å². The van der Waals surface area contributed by atoms with Crippen LogP contribution in [-0.4, -0.2) is 52.3 Å². The lowest BCUT2D eigenvalue weighted by Gasteiger charge is -2.36. The molecule has 0 aromatic heterocycles. The monoisotopic (exact) mass is 469 g/mol. The van der Waals surface area contributed by atoms with Gasteiger partial charge in [0, 0.05) is 25.8 Å². The number of aliphatic hydroxyl groups excluding tert-OH is 1. The Morgan fingerprint density at radius 1 is 1.15 bits per heavy atom. The fourth-order valence-electron chi connectivity index (χ4n) is 4.31. The third-order valence-corrected chi connectivity index (χ3v) is 6.16. The van der Waals surface area contributed by atoms with Gasteiger partial charge in [-0.2, -0.15) is 5.26 Å². The summed E-state index contributed by atoms with van der Waals surface area (Å²) in [6, 6.07) is 7.66. The van der Waals surface area contributed by atoms with Crippen LogP contribution in [-0.2, 0) is 14.4 Å². The number of β-amino-alcohol motifs (C(OH)–C–C–N with tert-alkyl or cyclic N) is 1. The van der Waals surface area contributed by atoms with E-state index in [9.17, 15) is 19.5 Å². The lowest BCUT2D eigenvalue weighted by molar-refractivity contribution is -0.143. The molecule has 1 aromatic carbocycles. The first-order valence-electron chi connectivity index (χ1n) is 11.9. The summed E-state index contributed by atoms with van der Waals surface area (Å²) in [6.07, 6.45) is -0.102. The molecule has 0 spiro atoms. The standard InChI is InChI=1S/C27H39N3O4/c1-17(19-10-8-18(15-28)9-11-19)12-22(32)21-13-20(31)16-30(21)25(34)24(27(5,6)7)29-23(33)14-26(2,3)4/h8-11,17,20-21,24,31H,12-14,16H2,1-7H3,(H,29,33). The van der Waals surface area contributed by atoms with Crippen molar-refractivity contribution in [3.8, 4) is 6.07 Å². The van der Waals surface area contributed by atoms with Crippen molar-refractivity contribution < 1.29 is 19.5 Å². The first-order chi connectivity index (χ1) is 15.6. The van der Waals surface area contributed by atoms with Crippen molar-refractivity contribution in [2.24, 2.45) is 10.8 Å². The van der Waals surface area contributed by atoms with E-state index in [0.29, 0.717) is 5.56 Å². The zero-order valence-corrected chi connectivity index (χ0v) is 21.5. The summed E-state index contributed by atoms with van der Waals surface area (Å²) in [6.45, 7) is 13.5. The normalized spacial score (nSPS) is 20.4. The number of amides is 2. The van der Waals surface area contributed by atoms with Gasteiger partial charge in [0.15, 0.2) is 5.78 Å². The van der Waals surface area contributed by atoms with Crippen molar-refractivity contribution in [3.63, 3.8) is 0 Å². The molecule has 0 saturated carbocycles. The molecule has 1 aliphatic heterocycles. The van der Waals surface area contributed by atoms with E-state index in [-0.39, 0.29) is 54.7 Å². The van der Waals surface area contributed by atoms with Crippen molar-refractivity contribution in [2.45, 2.75) is 91.8 Å². The Labute approximate surface area is 203 Å². The average molecular weight is 470 g/mol. The second-order valence-electron chi connectivity index (χ2n) is 11.8. The molecule has 0 radical (unpaired) electrons. The van der Waals surface area contributed by atoms with Crippen molar-refractivity contribution in [3.05, 3.63) is 35.4 Å². The van der Waals surface area contributed by atoms with Gasteiger partial charge in [-0.05, 0) is 34.4 Å². The first-order valence-corrected chi connectivity index (χ1v) is 11.9. The summed E-state index contributed by atoms with van der Waals surface area (Å²) >= 11 is 0. The van der Waals surface area contributed by atoms with Crippen LogP contribution >= 0.6 is 0 Å². The number of benzene rings is 1. The molecule has 2 N–H and O–H groups in total. The topological polar surface area (TPSA) is 110 Å². The first kappa shape index (κ1) is 27.5. The lowest BCUT2D eigenvalue weighted by Crippen LogP contribution is -2.57. The molecular weight excluding hydrogens is 430 g/mol. The quantitative estimate of drug-likeness (QED) is 0.634. The van der Waals surface area contributed by atoms with Gasteiger partial charge in [0.2, 0.25) is 11.8 Å². The molecule has 2 amide bonds. The fraction of sp³-hybridized carbons (Fsp3) is 0.630. The number of nitriles is 1. The third kappa shape index (κ3) is 7.39. The molecule has 4 atom stereocenters. The summed E-state index contributed by atoms with van der Waals surface area (Å²) in [5.74, 6) is -0.760. The molecule has 0 aliphatic carbocycles. The molecule has 2 rings (SSSR count). The average Bonchev–Trinajstić information content (AvgIpc) is 3.11. The van der Waals surface area contributed by atoms with Crippen LogP contribution in [0.15, 0.2) is 24.3 Å². The number of rotatable bonds is 7. The van der Waals surface area contributed by atoms with Crippen molar-refractivity contribution >= 4 is 17.6 Å². The summed E-state index contributed by atoms with van der Waals surface area (Å²) < 4.78 is 0. The zero-order chi connectivity index (χ0) is 25.8. The second kappa shape index (κ2) is 10.7. The number of aliphatic hydroxyl groups is 1. The summed E-state index contributed by atoms with van der Waals surface area (Å²) in [5, 5.41) is 22.2. The molecule has 1 heterocycles. The third-order valence-electron chi connectivity index (χ3n) is 6.16. The van der Waals surface area contributed by atoms with Gasteiger partial charge in [-0.3, -0.25) is 14.4 Å². The van der Waals surface area contributed by atoms with Crippen LogP contribution in [0, 0.1) is 22.2 Å². The molecule has 186 valence electrons. The van der Waals surface area contributed by atoms with E-state index in [0.717, 1.165) is 5.56 Å². The highest BCUT2D eigenvalue weighted by Crippen LogP contribution is 2.29. The van der Waals surface area contributed by atoms with Gasteiger partial charge in [-0.25, -0.2) is 0 Å². The van der Waals surface area contributed by atoms with Crippen molar-refractivity contribution in [1.82, 2.24) is 10.2 Å². The maximum absolute atomic E-state index is 13.6. The van der Waals surface area contributed by atoms with Crippen LogP contribution in [0.1, 0.15) is 84.8 Å². The highest BCUT2D eigenvalue weighted by Gasteiger charge is 2.44. The number of carbonyl (C=O) groups is 3. The summed E-state index contributed by atoms with van der Waals surface area (Å²) in [5.41, 5.74) is 0.701. The van der Waals surface area contributed by atoms with E-state index in [1.54, 1.807) is 12.1 Å². The molecule has 7 heteroatoms. The lowest BCUT2D eigenvalue weighted by atomic mass is 9.84. The molecule has 0 bridgehead atoms. The molecule has 7 nitrogen and oxygen atoms in total. The van der Waals surface area contributed by atoms with Crippen LogP contribution in [0.25, 0.3) is 0 Å². The van der Waals surface area contributed by atoms with Gasteiger partial charge in [-0.1, -0.05) is 60.6 Å². The van der Waals surface area contributed by atoms with Gasteiger partial charge >= 0.3 is 0 Å². The highest BCUT2D eigenvalue weighted by molar-refractivity contribution is 5.94. The minimum absolute atomic E-state index is 0.0716. The predicted molar refractivity (Wildman–Crippen MR) is 131 cm³/mol. The molecule has 1 saturated heterocycles. The predicted octanol–water partition coefficient (Wildman–Crippen LogP) is 3.55. The second-order valence-corrected chi connectivity index (χ2v) is 11.8. The number of nitrogens with zero attached hydrogens (tertiary/aromatic N) is 2. The molecule has 1 fully saturated rings. The molecule has 4 unspecified atom stereocenters. The smallest absolute Gasteiger partial charge is 0.246 e. The number of likely N-dealkylation sites (tertiary alicyclic amines) is 1. The Morgan fingerprint density at radius 3 is 2.24 bits per heavy atom. The van der Waals surface area contributed by atoms with Crippen LogP contribution in [0.4, 0.5) is 0 Å². The Morgan fingerprint density at radius 2 is 1.74 bits per heavy atom. The van der Waals surface area contributed by atoms with Gasteiger partial charge < -0.3 is 15.3 Å². The zero-order valence-electron chi connectivity index (χ0n) is 21.5. The SMILES string of the molecule is CC(CC(=O)C1CC(O)CN1C(=O)C(NC(=O)CC(C)(C)C)C(C)(C)C)c1ccc(C#N)cc1. The van der Waals surface area contributed by atoms with E-state index in [1.165, 1.54) is 4.90 Å². The highest BCUT2D eigenvalue weighted by atomic mass is 16.3. The molecule has 1 aromatic rings. The van der Waals surface area contributed by atoms with E-state index in [4.69, 9.17) is 5.26 Å². The van der Waals surface area contributed by atoms with E-state index in [1.807, 2.05) is 60.6 Å². The van der Waals surface area contributed by atoms with Crippen LogP contribution < -0.4 is 5.32 Å². The molecule has 1 aliphatic rings. The number of hydrogen-bond acceptors (Lipinski definition) is 5. The number of nitrogens with one attached hydrogen (secondary N) is 1. The minimum atomic E-state index is -0.807. The Hall–Kier alpha value is -2.72. The summed E-state index contributed by atoms with van der Waals surface area (Å²) in [4.78, 5) is 40.9. The van der Waals surface area contributed by atoms with Crippen molar-refractivity contribution in [1.29, 1.82) is 5.26 Å². The van der Waals surface area contributed by atoms with Crippen LogP contribution in [0.2, 0.25) is 0 Å². The van der Waals surface area contributed by atoms with Crippen LogP contribution in [0.5, 0.6) is 0 Å². The number of ketones is 1. The Bertz CT molecular complexity index is 935. The van der Waals surface area contributed by atoms with Gasteiger partial charge in [0.25, 0.3) is 0 Å². The summed E-state index contributed by atoms with van der Waals surface area (Å²) in [7, 11) is 0. The maximum atomic E-state index is 13.6. The molecular formula is C27H39N3O4. The van der Waals surface area contributed by atoms with Gasteiger partial charge in [-0.15, -0.1) is 0 Å². The number of hydrogen-bond donors (Lipinski definition) is 2. The van der Waals surface area contributed by atoms with E-state index in [2.05, 4.69) is 11.4 Å². The van der Waals surface area contributed by atoms with E-state index >= 15 is 0 Å². The Kier molecular flexibility index (Phi) is 8.65. The largest absolute Gasteiger partial charge is 0.391 e. The van der Waals surface area contributed by atoms with Gasteiger partial charge in [0.1, 0.15) is 6.04 Å². The minimum Gasteiger partial charge on any atom is -0.391 e. The number of Topliss-reactive ketones (excluding diaryl/α,β-unsaturated/α-hetero) is 1. The Balaban J connectivity index is 2.18. The van der Waals surface area contributed by atoms with Crippen LogP contribution in [0.3, 0.4) is 0 Å². The number of carbonyl (C=O) groups excluding carboxylic acids is 3. The maximum Gasteiger partial charge on any atom is 0.246 e.